The summed E-state index contributed by atoms with van der Waals surface area (Å²) in [6, 6.07) is 5.98. The Balaban J connectivity index is 2.74. The number of hydrogen-bond donors (Lipinski definition) is 4. The number of carbonyl (C=O) groups is 2. The van der Waals surface area contributed by atoms with E-state index < -0.39 is 18.0 Å². The molecule has 2 amide bonds. The van der Waals surface area contributed by atoms with E-state index in [2.05, 4.69) is 16.0 Å². The molecule has 0 saturated carbocycles. The lowest BCUT2D eigenvalue weighted by Crippen LogP contribution is -2.46. The molecule has 0 aromatic heterocycles. The maximum atomic E-state index is 12.0. The van der Waals surface area contributed by atoms with Gasteiger partial charge < -0.3 is 21.1 Å². The zero-order valence-electron chi connectivity index (χ0n) is 12.6. The van der Waals surface area contributed by atoms with Gasteiger partial charge in [-0.25, -0.2) is 9.59 Å². The molecule has 6 nitrogen and oxygen atoms in total. The van der Waals surface area contributed by atoms with Gasteiger partial charge in [-0.2, -0.15) is 0 Å². The van der Waals surface area contributed by atoms with Crippen LogP contribution in [0.15, 0.2) is 24.3 Å². The second-order valence-electron chi connectivity index (χ2n) is 4.99. The Bertz CT molecular complexity index is 491. The topological polar surface area (TPSA) is 90.5 Å². The average Bonchev–Trinajstić information content (AvgIpc) is 2.46. The highest BCUT2D eigenvalue weighted by molar-refractivity contribution is 5.92. The molecule has 4 N–H and O–H groups in total. The molecule has 116 valence electrons. The summed E-state index contributed by atoms with van der Waals surface area (Å²) in [6.07, 6.45) is 0.674. The van der Waals surface area contributed by atoms with Gasteiger partial charge in [0.2, 0.25) is 0 Å². The summed E-state index contributed by atoms with van der Waals surface area (Å²) in [6.45, 7) is 4.31. The van der Waals surface area contributed by atoms with Crippen LogP contribution in [0.1, 0.15) is 25.8 Å². The highest BCUT2D eigenvalue weighted by Gasteiger charge is 2.25. The van der Waals surface area contributed by atoms with E-state index in [1.165, 1.54) is 0 Å². The van der Waals surface area contributed by atoms with Crippen LogP contribution in [-0.2, 0) is 11.3 Å². The number of aliphatic carboxylic acids is 1. The second-order valence-corrected chi connectivity index (χ2v) is 4.99. The van der Waals surface area contributed by atoms with Crippen molar-refractivity contribution >= 4 is 17.7 Å². The number of anilines is 1. The van der Waals surface area contributed by atoms with Crippen molar-refractivity contribution in [3.8, 4) is 0 Å². The van der Waals surface area contributed by atoms with Gasteiger partial charge in [-0.1, -0.05) is 38.5 Å². The van der Waals surface area contributed by atoms with Crippen molar-refractivity contribution in [1.82, 2.24) is 10.6 Å². The third kappa shape index (κ3) is 5.07. The van der Waals surface area contributed by atoms with Crippen LogP contribution in [0.25, 0.3) is 0 Å². The molecule has 0 aliphatic heterocycles. The van der Waals surface area contributed by atoms with Crippen molar-refractivity contribution in [2.75, 3.05) is 12.4 Å². The van der Waals surface area contributed by atoms with Crippen LogP contribution in [0.2, 0.25) is 0 Å². The van der Waals surface area contributed by atoms with E-state index in [1.54, 1.807) is 13.0 Å². The fourth-order valence-corrected chi connectivity index (χ4v) is 1.97. The van der Waals surface area contributed by atoms with E-state index in [1.807, 2.05) is 32.2 Å². The largest absolute Gasteiger partial charge is 0.480 e. The van der Waals surface area contributed by atoms with Crippen LogP contribution in [0, 0.1) is 5.92 Å². The van der Waals surface area contributed by atoms with Crippen molar-refractivity contribution in [3.05, 3.63) is 29.8 Å². The minimum absolute atomic E-state index is 0.138. The van der Waals surface area contributed by atoms with E-state index in [0.29, 0.717) is 18.7 Å². The number of benzene rings is 1. The fraction of sp³-hybridized carbons (Fsp3) is 0.467. The minimum atomic E-state index is -1.02. The van der Waals surface area contributed by atoms with Crippen LogP contribution < -0.4 is 16.0 Å². The summed E-state index contributed by atoms with van der Waals surface area (Å²) in [7, 11) is 1.82. The summed E-state index contributed by atoms with van der Waals surface area (Å²) < 4.78 is 0. The molecular formula is C15H23N3O3. The quantitative estimate of drug-likeness (QED) is 0.619. The second kappa shape index (κ2) is 8.26. The van der Waals surface area contributed by atoms with Crippen molar-refractivity contribution in [3.63, 3.8) is 0 Å². The molecule has 1 aromatic carbocycles. The number of nitrogens with one attached hydrogen (secondary N) is 3. The highest BCUT2D eigenvalue weighted by Crippen LogP contribution is 2.15. The molecule has 21 heavy (non-hydrogen) atoms. The number of para-hydroxylation sites is 1. The van der Waals surface area contributed by atoms with E-state index >= 15 is 0 Å². The summed E-state index contributed by atoms with van der Waals surface area (Å²) in [5, 5.41) is 17.4. The first-order valence-corrected chi connectivity index (χ1v) is 7.02. The molecule has 0 bridgehead atoms. The van der Waals surface area contributed by atoms with Crippen LogP contribution >= 0.6 is 0 Å². The first kappa shape index (κ1) is 17.0. The maximum Gasteiger partial charge on any atom is 0.326 e. The van der Waals surface area contributed by atoms with Gasteiger partial charge in [-0.05, 0) is 24.6 Å². The number of amides is 2. The lowest BCUT2D eigenvalue weighted by atomic mass is 9.99. The standard InChI is InChI=1S/C15H23N3O3/c1-4-10(2)13(14(19)20)18-15(21)17-12-8-6-5-7-11(12)9-16-3/h5-8,10,13,16H,4,9H2,1-3H3,(H,19,20)(H2,17,18,21)/t10?,13-/m0/s1. The smallest absolute Gasteiger partial charge is 0.326 e. The van der Waals surface area contributed by atoms with E-state index in [4.69, 9.17) is 0 Å². The third-order valence-electron chi connectivity index (χ3n) is 3.40. The Labute approximate surface area is 124 Å². The molecule has 0 radical (unpaired) electrons. The van der Waals surface area contributed by atoms with Crippen molar-refractivity contribution in [1.29, 1.82) is 0 Å². The van der Waals surface area contributed by atoms with Crippen molar-refractivity contribution in [2.24, 2.45) is 5.92 Å². The molecular weight excluding hydrogens is 270 g/mol. The van der Waals surface area contributed by atoms with Gasteiger partial charge >= 0.3 is 12.0 Å². The number of carbonyl (C=O) groups excluding carboxylic acids is 1. The van der Waals surface area contributed by atoms with Gasteiger partial charge in [0.05, 0.1) is 0 Å². The first-order valence-electron chi connectivity index (χ1n) is 7.02. The monoisotopic (exact) mass is 293 g/mol. The van der Waals surface area contributed by atoms with Gasteiger partial charge in [-0.3, -0.25) is 0 Å². The van der Waals surface area contributed by atoms with Gasteiger partial charge in [0, 0.05) is 12.2 Å². The fourth-order valence-electron chi connectivity index (χ4n) is 1.97. The van der Waals surface area contributed by atoms with E-state index in [0.717, 1.165) is 5.56 Å². The summed E-state index contributed by atoms with van der Waals surface area (Å²) in [5.74, 6) is -1.16. The summed E-state index contributed by atoms with van der Waals surface area (Å²) in [4.78, 5) is 23.2. The number of rotatable bonds is 7. The maximum absolute atomic E-state index is 12.0. The van der Waals surface area contributed by atoms with Gasteiger partial charge in [0.25, 0.3) is 0 Å². The van der Waals surface area contributed by atoms with E-state index in [-0.39, 0.29) is 5.92 Å². The number of hydrogen-bond acceptors (Lipinski definition) is 3. The number of carboxylic acids is 1. The molecule has 2 atom stereocenters. The third-order valence-corrected chi connectivity index (χ3v) is 3.40. The Hall–Kier alpha value is -2.08. The SMILES string of the molecule is CCC(C)[C@H](NC(=O)Nc1ccccc1CNC)C(=O)O. The molecule has 0 aliphatic carbocycles. The Morgan fingerprint density at radius 2 is 1.95 bits per heavy atom. The minimum Gasteiger partial charge on any atom is -0.480 e. The van der Waals surface area contributed by atoms with Crippen LogP contribution in [0.4, 0.5) is 10.5 Å². The Morgan fingerprint density at radius 1 is 1.29 bits per heavy atom. The Kier molecular flexibility index (Phi) is 6.68. The molecule has 0 fully saturated rings. The van der Waals surface area contributed by atoms with Crippen LogP contribution in [0.5, 0.6) is 0 Å². The molecule has 0 aliphatic rings. The lowest BCUT2D eigenvalue weighted by molar-refractivity contribution is -0.140. The molecule has 0 spiro atoms. The summed E-state index contributed by atoms with van der Waals surface area (Å²) in [5.41, 5.74) is 1.60. The predicted octanol–water partition coefficient (Wildman–Crippen LogP) is 2.03. The van der Waals surface area contributed by atoms with Crippen molar-refractivity contribution < 1.29 is 14.7 Å². The molecule has 6 heteroatoms. The zero-order chi connectivity index (χ0) is 15.8. The van der Waals surface area contributed by atoms with Crippen molar-refractivity contribution in [2.45, 2.75) is 32.9 Å². The molecule has 1 aromatic rings. The summed E-state index contributed by atoms with van der Waals surface area (Å²) >= 11 is 0. The average molecular weight is 293 g/mol. The molecule has 0 heterocycles. The number of urea groups is 1. The van der Waals surface area contributed by atoms with E-state index in [9.17, 15) is 14.7 Å². The number of carboxylic acid groups (broad SMARTS) is 1. The molecule has 1 rings (SSSR count). The van der Waals surface area contributed by atoms with Crippen LogP contribution in [-0.4, -0.2) is 30.2 Å². The zero-order valence-corrected chi connectivity index (χ0v) is 12.6. The lowest BCUT2D eigenvalue weighted by Gasteiger charge is -2.21. The van der Waals surface area contributed by atoms with Gasteiger partial charge in [0.15, 0.2) is 0 Å². The van der Waals surface area contributed by atoms with Gasteiger partial charge in [0.1, 0.15) is 6.04 Å². The normalized spacial score (nSPS) is 13.3. The van der Waals surface area contributed by atoms with Crippen LogP contribution in [0.3, 0.4) is 0 Å². The highest BCUT2D eigenvalue weighted by atomic mass is 16.4. The predicted molar refractivity (Wildman–Crippen MR) is 82.2 cm³/mol. The molecule has 0 saturated heterocycles. The molecule has 1 unspecified atom stereocenters. The first-order chi connectivity index (χ1) is 9.99. The van der Waals surface area contributed by atoms with Gasteiger partial charge in [-0.15, -0.1) is 0 Å². The Morgan fingerprint density at radius 3 is 2.52 bits per heavy atom.